The smallest absolute Gasteiger partial charge is 0.220 e. The molecule has 0 aromatic heterocycles. The Morgan fingerprint density at radius 2 is 0.841 bits per heavy atom. The van der Waals surface area contributed by atoms with Gasteiger partial charge in [0.1, 0.15) is 48.8 Å². The molecule has 14 nitrogen and oxygen atoms in total. The molecule has 0 aromatic carbocycles. The van der Waals surface area contributed by atoms with E-state index in [1.165, 1.54) is 109 Å². The summed E-state index contributed by atoms with van der Waals surface area (Å²) in [7, 11) is 0. The van der Waals surface area contributed by atoms with E-state index in [4.69, 9.17) is 18.9 Å². The number of carbonyl (C=O) groups excluding carboxylic acids is 1. The number of nitrogens with one attached hydrogen (secondary N) is 1. The van der Waals surface area contributed by atoms with Crippen molar-refractivity contribution in [1.29, 1.82) is 0 Å². The number of aliphatic hydroxyl groups is 8. The highest BCUT2D eigenvalue weighted by Crippen LogP contribution is 2.30. The van der Waals surface area contributed by atoms with E-state index in [0.717, 1.165) is 103 Å². The summed E-state index contributed by atoms with van der Waals surface area (Å²) >= 11 is 0. The molecular weight excluding hydrogens is 1040 g/mol. The van der Waals surface area contributed by atoms with Gasteiger partial charge in [-0.15, -0.1) is 0 Å². The first-order valence-corrected chi connectivity index (χ1v) is 32.8. The molecule has 0 aliphatic carbocycles. The average Bonchev–Trinajstić information content (AvgIpc) is 3.67. The van der Waals surface area contributed by atoms with Gasteiger partial charge in [0.2, 0.25) is 5.91 Å². The van der Waals surface area contributed by atoms with E-state index in [0.29, 0.717) is 12.8 Å². The van der Waals surface area contributed by atoms with Crippen LogP contribution in [0.4, 0.5) is 0 Å². The minimum Gasteiger partial charge on any atom is -0.394 e. The molecule has 0 saturated carbocycles. The highest BCUT2D eigenvalue weighted by molar-refractivity contribution is 5.76. The lowest BCUT2D eigenvalue weighted by Gasteiger charge is -2.46. The zero-order valence-corrected chi connectivity index (χ0v) is 51.2. The van der Waals surface area contributed by atoms with Gasteiger partial charge in [0.15, 0.2) is 12.6 Å². The molecule has 14 heteroatoms. The topological polar surface area (TPSA) is 228 Å². The Labute approximate surface area is 497 Å². The van der Waals surface area contributed by atoms with Crippen LogP contribution in [-0.4, -0.2) is 140 Å². The minimum atomic E-state index is -1.79. The van der Waals surface area contributed by atoms with Crippen LogP contribution < -0.4 is 5.32 Å². The Hall–Kier alpha value is -2.83. The maximum absolute atomic E-state index is 13.3. The van der Waals surface area contributed by atoms with E-state index in [-0.39, 0.29) is 18.9 Å². The van der Waals surface area contributed by atoms with Crippen LogP contribution in [0.5, 0.6) is 0 Å². The van der Waals surface area contributed by atoms with Gasteiger partial charge >= 0.3 is 0 Å². The second-order valence-corrected chi connectivity index (χ2v) is 22.9. The summed E-state index contributed by atoms with van der Waals surface area (Å²) < 4.78 is 22.9. The van der Waals surface area contributed by atoms with E-state index in [1.807, 2.05) is 0 Å². The van der Waals surface area contributed by atoms with Gasteiger partial charge in [0, 0.05) is 6.42 Å². The summed E-state index contributed by atoms with van der Waals surface area (Å²) in [5.41, 5.74) is 0. The molecule has 9 N–H and O–H groups in total. The van der Waals surface area contributed by atoms with E-state index < -0.39 is 86.8 Å². The summed E-state index contributed by atoms with van der Waals surface area (Å²) in [4.78, 5) is 13.3. The van der Waals surface area contributed by atoms with Gasteiger partial charge in [-0.3, -0.25) is 4.79 Å². The van der Waals surface area contributed by atoms with Gasteiger partial charge in [0.05, 0.1) is 32.0 Å². The van der Waals surface area contributed by atoms with Crippen LogP contribution in [0.1, 0.15) is 245 Å². The molecular formula is C68H119NO13. The van der Waals surface area contributed by atoms with Crippen LogP contribution in [0.25, 0.3) is 0 Å². The Bertz CT molecular complexity index is 1700. The molecule has 2 aliphatic heterocycles. The number of hydrogen-bond acceptors (Lipinski definition) is 13. The first-order chi connectivity index (χ1) is 40.1. The van der Waals surface area contributed by atoms with Gasteiger partial charge in [-0.2, -0.15) is 0 Å². The van der Waals surface area contributed by atoms with Crippen molar-refractivity contribution in [3.8, 4) is 0 Å². The van der Waals surface area contributed by atoms with Gasteiger partial charge in [-0.1, -0.05) is 253 Å². The third-order valence-corrected chi connectivity index (χ3v) is 15.6. The van der Waals surface area contributed by atoms with Gasteiger partial charge < -0.3 is 65.1 Å². The molecule has 0 spiro atoms. The van der Waals surface area contributed by atoms with Crippen molar-refractivity contribution in [1.82, 2.24) is 5.32 Å². The lowest BCUT2D eigenvalue weighted by atomic mass is 9.97. The average molecular weight is 1160 g/mol. The number of allylic oxidation sites excluding steroid dienone is 14. The highest BCUT2D eigenvalue weighted by Gasteiger charge is 2.51. The lowest BCUT2D eigenvalue weighted by molar-refractivity contribution is -0.359. The molecule has 1 amide bonds. The quantitative estimate of drug-likeness (QED) is 0.0204. The fourth-order valence-corrected chi connectivity index (χ4v) is 10.4. The first-order valence-electron chi connectivity index (χ1n) is 32.8. The largest absolute Gasteiger partial charge is 0.394 e. The minimum absolute atomic E-state index is 0.227. The first kappa shape index (κ1) is 75.3. The van der Waals surface area contributed by atoms with Crippen molar-refractivity contribution >= 4 is 5.91 Å². The third kappa shape index (κ3) is 36.9. The van der Waals surface area contributed by atoms with Crippen LogP contribution in [0.15, 0.2) is 85.1 Å². The van der Waals surface area contributed by atoms with E-state index in [1.54, 1.807) is 0 Å². The van der Waals surface area contributed by atoms with Gasteiger partial charge in [0.25, 0.3) is 0 Å². The van der Waals surface area contributed by atoms with Crippen LogP contribution >= 0.6 is 0 Å². The van der Waals surface area contributed by atoms with Crippen LogP contribution in [-0.2, 0) is 23.7 Å². The fourth-order valence-electron chi connectivity index (χ4n) is 10.4. The Balaban J connectivity index is 1.73. The molecule has 0 aromatic rings. The van der Waals surface area contributed by atoms with E-state index in [2.05, 4.69) is 104 Å². The normalized spacial score (nSPS) is 24.5. The van der Waals surface area contributed by atoms with Crippen LogP contribution in [0, 0.1) is 0 Å². The van der Waals surface area contributed by atoms with Crippen molar-refractivity contribution in [3.63, 3.8) is 0 Å². The number of hydrogen-bond donors (Lipinski definition) is 9. The molecule has 2 saturated heterocycles. The number of aliphatic hydroxyl groups excluding tert-OH is 8. The highest BCUT2D eigenvalue weighted by atomic mass is 16.7. The number of rotatable bonds is 52. The molecule has 2 fully saturated rings. The fraction of sp³-hybridized carbons (Fsp3) is 0.779. The monoisotopic (exact) mass is 1160 g/mol. The summed E-state index contributed by atoms with van der Waals surface area (Å²) in [5, 5.41) is 87.5. The second kappa shape index (κ2) is 52.5. The SMILES string of the molecule is CC/C=C\C/C=C\C/C=C\C/C=C\C/C=C\C/C=C\C/C=C\CCCCCCCC(=O)NC(COC1OC(CO)C(OC2OC(CO)C(O)C(O)C2O)C(O)C1O)C(O)CCCCCCCCCCCCCCCCCCCCCCC. The van der Waals surface area contributed by atoms with Crippen LogP contribution in [0.3, 0.4) is 0 Å². The van der Waals surface area contributed by atoms with Crippen molar-refractivity contribution in [2.75, 3.05) is 19.8 Å². The predicted octanol–water partition coefficient (Wildman–Crippen LogP) is 12.4. The standard InChI is InChI=1S/C68H119NO13/c1-3-5-7-9-11-13-15-17-19-21-23-25-26-27-28-29-30-32-34-36-38-40-42-44-46-48-50-52-60(73)69-56(57(72)51-49-47-45-43-41-39-37-35-33-31-24-22-20-18-16-14-12-10-8-6-4-2)55-79-67-65(78)63(76)66(59(54-71)81-67)82-68-64(77)62(75)61(74)58(53-70)80-68/h5,7,11,13,17,19,23,25,27-28,30,32,36,38,56-59,61-68,70-72,74-78H,3-4,6,8-10,12,14-16,18,20-22,24,26,29,31,33-35,37,39-55H2,1-2H3,(H,69,73)/b7-5-,13-11-,19-17-,25-23-,28-27-,32-30-,38-36-. The Morgan fingerprint density at radius 3 is 1.29 bits per heavy atom. The summed E-state index contributed by atoms with van der Waals surface area (Å²) in [5.74, 6) is -0.227. The van der Waals surface area contributed by atoms with Gasteiger partial charge in [-0.25, -0.2) is 0 Å². The number of carbonyl (C=O) groups is 1. The molecule has 12 atom stereocenters. The molecule has 2 heterocycles. The molecule has 474 valence electrons. The van der Waals surface area contributed by atoms with Crippen LogP contribution in [0.2, 0.25) is 0 Å². The number of ether oxygens (including phenoxy) is 4. The van der Waals surface area contributed by atoms with E-state index in [9.17, 15) is 45.6 Å². The molecule has 2 aliphatic rings. The van der Waals surface area contributed by atoms with Gasteiger partial charge in [-0.05, 0) is 70.6 Å². The number of amides is 1. The summed E-state index contributed by atoms with van der Waals surface area (Å²) in [6.07, 6.45) is 54.3. The molecule has 82 heavy (non-hydrogen) atoms. The molecule has 0 bridgehead atoms. The Morgan fingerprint density at radius 1 is 0.451 bits per heavy atom. The molecule has 12 unspecified atom stereocenters. The lowest BCUT2D eigenvalue weighted by Crippen LogP contribution is -2.65. The van der Waals surface area contributed by atoms with Crippen molar-refractivity contribution in [2.45, 2.75) is 319 Å². The summed E-state index contributed by atoms with van der Waals surface area (Å²) in [6.45, 7) is 2.75. The maximum Gasteiger partial charge on any atom is 0.220 e. The predicted molar refractivity (Wildman–Crippen MR) is 332 cm³/mol. The zero-order chi connectivity index (χ0) is 59.5. The molecule has 0 radical (unpaired) electrons. The maximum atomic E-state index is 13.3. The van der Waals surface area contributed by atoms with Crippen molar-refractivity contribution < 1.29 is 64.6 Å². The zero-order valence-electron chi connectivity index (χ0n) is 51.2. The Kier molecular flexibility index (Phi) is 48.2. The second-order valence-electron chi connectivity index (χ2n) is 22.9. The van der Waals surface area contributed by atoms with Crippen molar-refractivity contribution in [2.24, 2.45) is 0 Å². The molecule has 2 rings (SSSR count). The number of unbranched alkanes of at least 4 members (excludes halogenated alkanes) is 25. The summed E-state index contributed by atoms with van der Waals surface area (Å²) in [6, 6.07) is -0.846. The third-order valence-electron chi connectivity index (χ3n) is 15.6. The van der Waals surface area contributed by atoms with Crippen molar-refractivity contribution in [3.05, 3.63) is 85.1 Å². The van der Waals surface area contributed by atoms with E-state index >= 15 is 0 Å².